The van der Waals surface area contributed by atoms with Crippen molar-refractivity contribution in [2.45, 2.75) is 26.0 Å². The van der Waals surface area contributed by atoms with E-state index in [0.29, 0.717) is 25.5 Å². The zero-order valence-electron chi connectivity index (χ0n) is 14.8. The Morgan fingerprint density at radius 2 is 2.21 bits per heavy atom. The molecular weight excluding hydrogens is 463 g/mol. The molecule has 1 N–H and O–H groups in total. The monoisotopic (exact) mass is 490 g/mol. The highest BCUT2D eigenvalue weighted by atomic mass is 127. The zero-order chi connectivity index (χ0) is 17.5. The molecule has 10 heteroatoms. The molecule has 1 aromatic heterocycles. The number of aliphatic imine (C=N–C) groups is 1. The van der Waals surface area contributed by atoms with Gasteiger partial charge >= 0.3 is 0 Å². The average molecular weight is 490 g/mol. The number of aromatic nitrogens is 1. The predicted octanol–water partition coefficient (Wildman–Crippen LogP) is 1.91. The van der Waals surface area contributed by atoms with E-state index in [1.807, 2.05) is 24.3 Å². The Balaban J connectivity index is 0.00000529. The molecule has 140 valence electrons. The van der Waals surface area contributed by atoms with Gasteiger partial charge in [-0.3, -0.25) is 4.99 Å². The molecule has 0 saturated heterocycles. The van der Waals surface area contributed by atoms with Crippen molar-refractivity contribution in [2.24, 2.45) is 4.99 Å². The molecule has 1 heterocycles. The van der Waals surface area contributed by atoms with Gasteiger partial charge in [-0.15, -0.1) is 35.3 Å². The maximum atomic E-state index is 11.1. The van der Waals surface area contributed by atoms with Crippen LogP contribution in [0.15, 0.2) is 10.4 Å². The molecular formula is C14H27IN4O3S2. The van der Waals surface area contributed by atoms with Gasteiger partial charge in [0.05, 0.1) is 18.0 Å². The van der Waals surface area contributed by atoms with Crippen LogP contribution in [0.2, 0.25) is 0 Å². The van der Waals surface area contributed by atoms with Crippen LogP contribution in [-0.2, 0) is 21.1 Å². The van der Waals surface area contributed by atoms with Crippen LogP contribution in [0.4, 0.5) is 0 Å². The Kier molecular flexibility index (Phi) is 11.0. The van der Waals surface area contributed by atoms with E-state index in [2.05, 4.69) is 15.3 Å². The summed E-state index contributed by atoms with van der Waals surface area (Å²) in [6.07, 6.45) is 1.79. The molecule has 1 aromatic rings. The molecule has 0 bridgehead atoms. The van der Waals surface area contributed by atoms with Gasteiger partial charge in [-0.05, 0) is 13.3 Å². The van der Waals surface area contributed by atoms with Gasteiger partial charge in [0.1, 0.15) is 20.9 Å². The van der Waals surface area contributed by atoms with Crippen LogP contribution in [0.25, 0.3) is 0 Å². The van der Waals surface area contributed by atoms with Crippen molar-refractivity contribution in [3.8, 4) is 0 Å². The lowest BCUT2D eigenvalue weighted by Crippen LogP contribution is -2.39. The molecule has 1 atom stereocenters. The van der Waals surface area contributed by atoms with Crippen molar-refractivity contribution < 1.29 is 13.2 Å². The lowest BCUT2D eigenvalue weighted by Gasteiger charge is -2.21. The van der Waals surface area contributed by atoms with Crippen molar-refractivity contribution in [2.75, 3.05) is 39.8 Å². The predicted molar refractivity (Wildman–Crippen MR) is 110 cm³/mol. The normalized spacial score (nSPS) is 13.3. The van der Waals surface area contributed by atoms with Gasteiger partial charge in [0.2, 0.25) is 0 Å². The van der Waals surface area contributed by atoms with Crippen LogP contribution in [0.1, 0.15) is 30.2 Å². The van der Waals surface area contributed by atoms with E-state index >= 15 is 0 Å². The minimum absolute atomic E-state index is 0. The van der Waals surface area contributed by atoms with Gasteiger partial charge in [0.25, 0.3) is 0 Å². The van der Waals surface area contributed by atoms with Crippen molar-refractivity contribution in [1.82, 2.24) is 15.2 Å². The fourth-order valence-corrected chi connectivity index (χ4v) is 3.43. The van der Waals surface area contributed by atoms with Gasteiger partial charge in [0, 0.05) is 39.4 Å². The summed E-state index contributed by atoms with van der Waals surface area (Å²) in [5.74, 6) is 0.887. The number of nitrogens with zero attached hydrogens (tertiary/aromatic N) is 3. The SMILES string of the molecule is CN=C(NCCCS(C)(=O)=O)N(C)Cc1csc(C(C)OC)n1.I. The number of thiazole rings is 1. The number of ether oxygens (including phenoxy) is 1. The number of nitrogens with one attached hydrogen (secondary N) is 1. The number of hydrogen-bond donors (Lipinski definition) is 1. The molecule has 0 aliphatic heterocycles. The van der Waals surface area contributed by atoms with Crippen LogP contribution in [0, 0.1) is 0 Å². The Labute approximate surface area is 165 Å². The Bertz CT molecular complexity index is 619. The molecule has 0 radical (unpaired) electrons. The third-order valence-corrected chi connectivity index (χ3v) is 5.30. The zero-order valence-corrected chi connectivity index (χ0v) is 18.7. The van der Waals surface area contributed by atoms with Gasteiger partial charge in [-0.25, -0.2) is 13.4 Å². The van der Waals surface area contributed by atoms with Crippen molar-refractivity contribution in [3.05, 3.63) is 16.1 Å². The highest BCUT2D eigenvalue weighted by molar-refractivity contribution is 14.0. The average Bonchev–Trinajstić information content (AvgIpc) is 2.93. The Morgan fingerprint density at radius 3 is 2.75 bits per heavy atom. The van der Waals surface area contributed by atoms with E-state index in [-0.39, 0.29) is 35.8 Å². The molecule has 0 spiro atoms. The first-order chi connectivity index (χ1) is 10.8. The summed E-state index contributed by atoms with van der Waals surface area (Å²) in [7, 11) is 2.37. The first-order valence-corrected chi connectivity index (χ1v) is 10.3. The van der Waals surface area contributed by atoms with E-state index in [9.17, 15) is 8.42 Å². The molecule has 0 aromatic carbocycles. The van der Waals surface area contributed by atoms with Crippen LogP contribution in [-0.4, -0.2) is 64.0 Å². The van der Waals surface area contributed by atoms with Crippen molar-refractivity contribution in [3.63, 3.8) is 0 Å². The Hall–Kier alpha value is -0.460. The first-order valence-electron chi connectivity index (χ1n) is 7.33. The first kappa shape index (κ1) is 23.5. The summed E-state index contributed by atoms with van der Waals surface area (Å²) in [5, 5.41) is 6.13. The topological polar surface area (TPSA) is 83.9 Å². The molecule has 0 amide bonds. The number of halogens is 1. The molecule has 1 rings (SSSR count). The minimum Gasteiger partial charge on any atom is -0.375 e. The van der Waals surface area contributed by atoms with Gasteiger partial charge in [-0.2, -0.15) is 0 Å². The Morgan fingerprint density at radius 1 is 1.54 bits per heavy atom. The number of hydrogen-bond acceptors (Lipinski definition) is 6. The molecule has 0 aliphatic rings. The molecule has 0 fully saturated rings. The lowest BCUT2D eigenvalue weighted by molar-refractivity contribution is 0.119. The number of guanidine groups is 1. The molecule has 24 heavy (non-hydrogen) atoms. The van der Waals surface area contributed by atoms with Crippen LogP contribution >= 0.6 is 35.3 Å². The van der Waals surface area contributed by atoms with E-state index in [1.54, 1.807) is 25.5 Å². The third-order valence-electron chi connectivity index (χ3n) is 3.22. The van der Waals surface area contributed by atoms with E-state index in [1.165, 1.54) is 6.26 Å². The summed E-state index contributed by atoms with van der Waals surface area (Å²) < 4.78 is 27.5. The lowest BCUT2D eigenvalue weighted by atomic mass is 10.4. The van der Waals surface area contributed by atoms with E-state index in [0.717, 1.165) is 10.7 Å². The second-order valence-electron chi connectivity index (χ2n) is 5.37. The smallest absolute Gasteiger partial charge is 0.193 e. The fourth-order valence-electron chi connectivity index (χ4n) is 1.92. The number of sulfone groups is 1. The summed E-state index contributed by atoms with van der Waals surface area (Å²) >= 11 is 1.58. The second kappa shape index (κ2) is 11.2. The van der Waals surface area contributed by atoms with Crippen LogP contribution < -0.4 is 5.32 Å². The maximum absolute atomic E-state index is 11.1. The number of methoxy groups -OCH3 is 1. The van der Waals surface area contributed by atoms with E-state index in [4.69, 9.17) is 4.74 Å². The molecule has 1 unspecified atom stereocenters. The highest BCUT2D eigenvalue weighted by Gasteiger charge is 2.12. The van der Waals surface area contributed by atoms with Gasteiger partial charge in [-0.1, -0.05) is 0 Å². The largest absolute Gasteiger partial charge is 0.375 e. The minimum atomic E-state index is -2.92. The summed E-state index contributed by atoms with van der Waals surface area (Å²) in [4.78, 5) is 10.7. The van der Waals surface area contributed by atoms with Gasteiger partial charge < -0.3 is 15.0 Å². The third kappa shape index (κ3) is 8.58. The summed E-state index contributed by atoms with van der Waals surface area (Å²) in [6.45, 7) is 3.15. The number of rotatable bonds is 8. The second-order valence-corrected chi connectivity index (χ2v) is 8.52. The van der Waals surface area contributed by atoms with Gasteiger partial charge in [0.15, 0.2) is 5.96 Å². The quantitative estimate of drug-likeness (QED) is 0.260. The fraction of sp³-hybridized carbons (Fsp3) is 0.714. The standard InChI is InChI=1S/C14H26N4O3S2.HI/c1-11(21-4)13-17-12(10-22-13)9-18(3)14(15-2)16-7-6-8-23(5,19)20;/h10-11H,6-9H2,1-5H3,(H,15,16);1H. The molecule has 0 aliphatic carbocycles. The molecule has 0 saturated carbocycles. The van der Waals surface area contributed by atoms with Crippen molar-refractivity contribution in [1.29, 1.82) is 0 Å². The van der Waals surface area contributed by atoms with E-state index < -0.39 is 9.84 Å². The highest BCUT2D eigenvalue weighted by Crippen LogP contribution is 2.20. The van der Waals surface area contributed by atoms with Crippen LogP contribution in [0.5, 0.6) is 0 Å². The van der Waals surface area contributed by atoms with Crippen LogP contribution in [0.3, 0.4) is 0 Å². The molecule has 7 nitrogen and oxygen atoms in total. The van der Waals surface area contributed by atoms with Crippen molar-refractivity contribution >= 4 is 51.1 Å². The maximum Gasteiger partial charge on any atom is 0.193 e. The summed E-state index contributed by atoms with van der Waals surface area (Å²) in [6, 6.07) is 0. The summed E-state index contributed by atoms with van der Waals surface area (Å²) in [5.41, 5.74) is 0.954.